The second kappa shape index (κ2) is 15.6. The molecule has 0 spiro atoms. The molecule has 0 unspecified atom stereocenters. The number of aryl methyl sites for hydroxylation is 1. The monoisotopic (exact) mass is 729 g/mol. The zero-order valence-electron chi connectivity index (χ0n) is 27.2. The molecular weight excluding hydrogens is 694 g/mol. The van der Waals surface area contributed by atoms with Crippen LogP contribution < -0.4 is 9.62 Å². The quantitative estimate of drug-likeness (QED) is 0.152. The fourth-order valence-corrected chi connectivity index (χ4v) is 7.59. The van der Waals surface area contributed by atoms with Gasteiger partial charge in [-0.3, -0.25) is 13.9 Å². The summed E-state index contributed by atoms with van der Waals surface area (Å²) < 4.78 is 84.8. The first kappa shape index (κ1) is 36.9. The molecule has 5 rings (SSSR count). The van der Waals surface area contributed by atoms with Crippen LogP contribution in [0, 0.1) is 12.7 Å². The maximum absolute atomic E-state index is 14.6. The highest BCUT2D eigenvalue weighted by atomic mass is 35.5. The second-order valence-corrected chi connectivity index (χ2v) is 14.6. The van der Waals surface area contributed by atoms with Crippen LogP contribution in [-0.2, 0) is 38.8 Å². The summed E-state index contributed by atoms with van der Waals surface area (Å²) in [7, 11) is -4.65. The van der Waals surface area contributed by atoms with Gasteiger partial charge in [-0.2, -0.15) is 13.2 Å². The lowest BCUT2D eigenvalue weighted by Gasteiger charge is -2.34. The highest BCUT2D eigenvalue weighted by Crippen LogP contribution is 2.38. The van der Waals surface area contributed by atoms with E-state index < -0.39 is 62.7 Å². The number of hydrogen-bond donors (Lipinski definition) is 1. The van der Waals surface area contributed by atoms with E-state index in [9.17, 15) is 35.6 Å². The molecule has 1 fully saturated rings. The molecule has 1 saturated carbocycles. The zero-order valence-corrected chi connectivity index (χ0v) is 28.7. The fourth-order valence-electron chi connectivity index (χ4n) is 5.96. The molecule has 1 N–H and O–H groups in total. The number of carbonyl (C=O) groups is 2. The Hall–Kier alpha value is -4.42. The summed E-state index contributed by atoms with van der Waals surface area (Å²) in [5.74, 6) is -1.85. The molecule has 0 radical (unpaired) electrons. The fraction of sp³-hybridized carbons (Fsp3) is 0.297. The largest absolute Gasteiger partial charge is 0.417 e. The molecular formula is C37H36ClF4N3O4S. The van der Waals surface area contributed by atoms with Gasteiger partial charge in [0.25, 0.3) is 10.0 Å². The molecule has 1 aliphatic rings. The number of rotatable bonds is 12. The Morgan fingerprint density at radius 3 is 2.16 bits per heavy atom. The number of benzene rings is 4. The average molecular weight is 730 g/mol. The van der Waals surface area contributed by atoms with Gasteiger partial charge in [0.05, 0.1) is 21.2 Å². The number of hydrogen-bond acceptors (Lipinski definition) is 4. The number of carbonyl (C=O) groups excluding carboxylic acids is 2. The molecule has 2 amide bonds. The highest BCUT2D eigenvalue weighted by molar-refractivity contribution is 7.92. The van der Waals surface area contributed by atoms with E-state index >= 15 is 0 Å². The van der Waals surface area contributed by atoms with E-state index in [4.69, 9.17) is 11.6 Å². The van der Waals surface area contributed by atoms with Gasteiger partial charge in [0, 0.05) is 19.0 Å². The van der Waals surface area contributed by atoms with Crippen molar-refractivity contribution < 1.29 is 35.6 Å². The Morgan fingerprint density at radius 1 is 0.900 bits per heavy atom. The van der Waals surface area contributed by atoms with Crippen LogP contribution in [-0.4, -0.2) is 43.8 Å². The van der Waals surface area contributed by atoms with Crippen molar-refractivity contribution in [3.8, 4) is 0 Å². The summed E-state index contributed by atoms with van der Waals surface area (Å²) in [6, 6.07) is 21.2. The van der Waals surface area contributed by atoms with Crippen LogP contribution in [0.15, 0.2) is 102 Å². The number of nitrogens with one attached hydrogen (secondary N) is 1. The van der Waals surface area contributed by atoms with Gasteiger partial charge in [0.15, 0.2) is 0 Å². The van der Waals surface area contributed by atoms with Crippen LogP contribution in [0.1, 0.15) is 47.9 Å². The number of amides is 2. The van der Waals surface area contributed by atoms with Gasteiger partial charge in [-0.15, -0.1) is 0 Å². The molecule has 264 valence electrons. The standard InChI is InChI=1S/C37H36ClF4N3O4S/c1-25-11-18-31(19-12-25)50(48,49)45(30-17-20-33(38)32(22-30)37(40,41)42)24-35(46)44(23-27-13-15-28(39)16-14-27)34(21-26-7-3-2-4-8-26)36(47)43-29-9-5-6-10-29/h2-4,7-8,11-20,22,29,34H,5-6,9-10,21,23-24H2,1H3,(H,43,47)/t34-/m1/s1. The Kier molecular flexibility index (Phi) is 11.5. The molecule has 0 aromatic heterocycles. The second-order valence-electron chi connectivity index (χ2n) is 12.3. The lowest BCUT2D eigenvalue weighted by molar-refractivity contribution is -0.140. The van der Waals surface area contributed by atoms with Crippen molar-refractivity contribution in [3.05, 3.63) is 130 Å². The Balaban J connectivity index is 1.61. The molecule has 0 aliphatic heterocycles. The molecule has 0 bridgehead atoms. The third-order valence-corrected chi connectivity index (χ3v) is 10.8. The van der Waals surface area contributed by atoms with Crippen molar-refractivity contribution >= 4 is 39.1 Å². The van der Waals surface area contributed by atoms with Crippen LogP contribution in [0.3, 0.4) is 0 Å². The molecule has 50 heavy (non-hydrogen) atoms. The first-order valence-electron chi connectivity index (χ1n) is 16.1. The lowest BCUT2D eigenvalue weighted by atomic mass is 10.0. The van der Waals surface area contributed by atoms with Gasteiger partial charge in [0.2, 0.25) is 11.8 Å². The summed E-state index contributed by atoms with van der Waals surface area (Å²) in [5.41, 5.74) is 0.166. The van der Waals surface area contributed by atoms with Gasteiger partial charge < -0.3 is 10.2 Å². The van der Waals surface area contributed by atoms with Crippen molar-refractivity contribution in [2.45, 2.75) is 68.7 Å². The number of nitrogens with zero attached hydrogens (tertiary/aromatic N) is 2. The number of anilines is 1. The van der Waals surface area contributed by atoms with Gasteiger partial charge in [0.1, 0.15) is 18.4 Å². The molecule has 1 aliphatic carbocycles. The maximum Gasteiger partial charge on any atom is 0.417 e. The smallest absolute Gasteiger partial charge is 0.352 e. The van der Waals surface area contributed by atoms with Crippen molar-refractivity contribution in [3.63, 3.8) is 0 Å². The van der Waals surface area contributed by atoms with E-state index in [0.29, 0.717) is 21.5 Å². The van der Waals surface area contributed by atoms with E-state index in [1.54, 1.807) is 37.3 Å². The number of halogens is 5. The van der Waals surface area contributed by atoms with E-state index in [0.717, 1.165) is 43.4 Å². The van der Waals surface area contributed by atoms with Crippen molar-refractivity contribution in [1.29, 1.82) is 0 Å². The minimum atomic E-state index is -4.93. The van der Waals surface area contributed by atoms with Crippen molar-refractivity contribution in [1.82, 2.24) is 10.2 Å². The molecule has 1 atom stereocenters. The lowest BCUT2D eigenvalue weighted by Crippen LogP contribution is -2.54. The SMILES string of the molecule is Cc1ccc(S(=O)(=O)N(CC(=O)N(Cc2ccc(F)cc2)[C@H](Cc2ccccc2)C(=O)NC2CCCC2)c2ccc(Cl)c(C(F)(F)F)c2)cc1. The van der Waals surface area contributed by atoms with Crippen LogP contribution in [0.4, 0.5) is 23.2 Å². The van der Waals surface area contributed by atoms with Crippen LogP contribution >= 0.6 is 11.6 Å². The van der Waals surface area contributed by atoms with E-state index in [1.807, 2.05) is 0 Å². The molecule has 4 aromatic rings. The van der Waals surface area contributed by atoms with Crippen LogP contribution in [0.25, 0.3) is 0 Å². The van der Waals surface area contributed by atoms with Gasteiger partial charge >= 0.3 is 6.18 Å². The first-order chi connectivity index (χ1) is 23.7. The molecule has 0 saturated heterocycles. The summed E-state index contributed by atoms with van der Waals surface area (Å²) >= 11 is 5.88. The van der Waals surface area contributed by atoms with Gasteiger partial charge in [-0.25, -0.2) is 12.8 Å². The maximum atomic E-state index is 14.6. The average Bonchev–Trinajstić information content (AvgIpc) is 3.59. The predicted octanol–water partition coefficient (Wildman–Crippen LogP) is 7.70. The molecule has 4 aromatic carbocycles. The minimum Gasteiger partial charge on any atom is -0.352 e. The Bertz CT molecular complexity index is 1900. The van der Waals surface area contributed by atoms with Crippen LogP contribution in [0.5, 0.6) is 0 Å². The number of sulfonamides is 1. The zero-order chi connectivity index (χ0) is 36.1. The van der Waals surface area contributed by atoms with E-state index in [2.05, 4.69) is 5.32 Å². The summed E-state index contributed by atoms with van der Waals surface area (Å²) in [6.45, 7) is 0.559. The topological polar surface area (TPSA) is 86.8 Å². The normalized spacial score (nSPS) is 14.3. The minimum absolute atomic E-state index is 0.0518. The number of alkyl halides is 3. The molecule has 7 nitrogen and oxygen atoms in total. The summed E-state index contributed by atoms with van der Waals surface area (Å²) in [4.78, 5) is 29.6. The van der Waals surface area contributed by atoms with E-state index in [-0.39, 0.29) is 23.9 Å². The third-order valence-electron chi connectivity index (χ3n) is 8.67. The van der Waals surface area contributed by atoms with Crippen molar-refractivity contribution in [2.75, 3.05) is 10.8 Å². The predicted molar refractivity (Wildman–Crippen MR) is 183 cm³/mol. The molecule has 13 heteroatoms. The van der Waals surface area contributed by atoms with Gasteiger partial charge in [-0.1, -0.05) is 84.6 Å². The Morgan fingerprint density at radius 2 is 1.54 bits per heavy atom. The molecule has 0 heterocycles. The summed E-state index contributed by atoms with van der Waals surface area (Å²) in [5, 5.41) is 2.39. The van der Waals surface area contributed by atoms with Gasteiger partial charge in [-0.05, 0) is 73.4 Å². The van der Waals surface area contributed by atoms with Crippen LogP contribution in [0.2, 0.25) is 5.02 Å². The highest BCUT2D eigenvalue weighted by Gasteiger charge is 2.38. The van der Waals surface area contributed by atoms with Crippen molar-refractivity contribution in [2.24, 2.45) is 0 Å². The van der Waals surface area contributed by atoms with E-state index in [1.165, 1.54) is 53.4 Å². The third kappa shape index (κ3) is 9.02. The first-order valence-corrected chi connectivity index (χ1v) is 17.9. The Labute approximate surface area is 293 Å². The summed E-state index contributed by atoms with van der Waals surface area (Å²) in [6.07, 6.45) is -1.49.